The van der Waals surface area contributed by atoms with Crippen molar-refractivity contribution in [2.75, 3.05) is 234 Å². The van der Waals surface area contributed by atoms with Gasteiger partial charge in [0.15, 0.2) is 0 Å². The number of likely N-dealkylation sites (N-methyl/N-ethyl adjacent to an activating group) is 1. The maximum atomic E-state index is 9.35. The van der Waals surface area contributed by atoms with Crippen LogP contribution in [0.15, 0.2) is 0 Å². The van der Waals surface area contributed by atoms with E-state index in [1.807, 2.05) is 28.3 Å². The third kappa shape index (κ3) is 46.2. The van der Waals surface area contributed by atoms with Crippen molar-refractivity contribution < 1.29 is 43.0 Å². The molecule has 12 atom stereocenters. The van der Waals surface area contributed by atoms with Crippen LogP contribution in [0, 0.1) is 59.2 Å². The van der Waals surface area contributed by atoms with Crippen molar-refractivity contribution in [3.05, 3.63) is 0 Å². The Bertz CT molecular complexity index is 1730. The molecule has 0 spiro atoms. The smallest absolute Gasteiger partial charge is 0.0852 e. The number of nitrogens with zero attached hydrogens (tertiary/aromatic N) is 8. The first-order valence-electron chi connectivity index (χ1n) is 40.9. The minimum absolute atomic E-state index is 0.0440. The zero-order valence-electron chi connectivity index (χ0n) is 70.7. The number of rotatable bonds is 38. The van der Waals surface area contributed by atoms with Gasteiger partial charge in [0, 0.05) is 206 Å². The summed E-state index contributed by atoms with van der Waals surface area (Å²) in [6, 6.07) is 0.694. The Morgan fingerprint density at radius 2 is 0.838 bits per heavy atom. The summed E-state index contributed by atoms with van der Waals surface area (Å²) >= 11 is 0. The molecule has 1 saturated carbocycles. The molecule has 6 aliphatic heterocycles. The lowest BCUT2D eigenvalue weighted by atomic mass is 9.96. The van der Waals surface area contributed by atoms with Gasteiger partial charge in [0.1, 0.15) is 0 Å². The van der Waals surface area contributed by atoms with Crippen LogP contribution in [-0.4, -0.2) is 314 Å². The second kappa shape index (κ2) is 60.3. The van der Waals surface area contributed by atoms with E-state index in [1.54, 1.807) is 49.4 Å². The van der Waals surface area contributed by atoms with Gasteiger partial charge in [0.05, 0.1) is 49.8 Å². The number of ether oxygens (including phenoxy) is 8. The molecule has 0 bridgehead atoms. The molecule has 17 nitrogen and oxygen atoms in total. The summed E-state index contributed by atoms with van der Waals surface area (Å²) in [6.07, 6.45) is 18.0. The van der Waals surface area contributed by atoms with E-state index >= 15 is 0 Å². The lowest BCUT2D eigenvalue weighted by Gasteiger charge is -2.39. The second-order valence-corrected chi connectivity index (χ2v) is 32.1. The zero-order chi connectivity index (χ0) is 74.7. The first-order valence-corrected chi connectivity index (χ1v) is 40.9. The van der Waals surface area contributed by atoms with Crippen LogP contribution in [0.3, 0.4) is 0 Å². The van der Waals surface area contributed by atoms with E-state index in [9.17, 15) is 5.11 Å². The molecule has 0 aromatic heterocycles. The van der Waals surface area contributed by atoms with Crippen LogP contribution >= 0.6 is 0 Å². The highest BCUT2D eigenvalue weighted by Gasteiger charge is 2.56. The Morgan fingerprint density at radius 1 is 0.414 bits per heavy atom. The van der Waals surface area contributed by atoms with Gasteiger partial charge in [-0.1, -0.05) is 156 Å². The van der Waals surface area contributed by atoms with Crippen molar-refractivity contribution in [2.24, 2.45) is 59.2 Å². The standard InChI is InChI=1S/C12H26N2O.C12H25NO.C11H21NO.C11H23NO.C10H21NO.C10H23NO.C9H19NO.C7H16O2/c1-4-12(2)11-14-7-5-13(6-8-14)9-10-15-3;1-4-11(2)9-13-7-5-12(6-8-13)10-14-3;1-4-8(2)5-12-6-9-10(7-12)11(9)13-3;1-4-10(2)8-12-7-5-6-11(12)9-13-3;1-4-9(2)7-11-6-5-10(8-11)12-3;1-5-10(3)9-11(6-2)7-8-12-4;1-4-8(2)5-10-6-9(7-10)11-3;1-5-6(9-4)7(2,3)8/h12H,4-11H2,1-3H3;11-12H,4-10H2,1-3H3;8-11H,4-7H2,1-3H3;10-11H,4-9H2,1-3H3;9-10H,4-8H2,1-3H3;10H,5-9H2,1-4H3;8-9H,4-7H2,1-3H3;6,8H,5H2,1-4H3. The summed E-state index contributed by atoms with van der Waals surface area (Å²) in [7, 11) is 14.2. The average molecular weight is 1420 g/mol. The van der Waals surface area contributed by atoms with E-state index in [2.05, 4.69) is 143 Å². The highest BCUT2D eigenvalue weighted by atomic mass is 16.5. The Kier molecular flexibility index (Phi) is 59.9. The number of piperidine rings is 2. The normalized spacial score (nSPS) is 24.3. The fraction of sp³-hybridized carbons (Fsp3) is 1.00. The van der Waals surface area contributed by atoms with Crippen molar-refractivity contribution in [1.82, 2.24) is 39.2 Å². The Balaban J connectivity index is 0.00000111. The van der Waals surface area contributed by atoms with Crippen LogP contribution in [0.25, 0.3) is 0 Å². The van der Waals surface area contributed by atoms with Crippen molar-refractivity contribution in [3.8, 4) is 0 Å². The highest BCUT2D eigenvalue weighted by molar-refractivity contribution is 5.06. The van der Waals surface area contributed by atoms with Gasteiger partial charge in [0.25, 0.3) is 0 Å². The maximum Gasteiger partial charge on any atom is 0.0852 e. The van der Waals surface area contributed by atoms with Crippen LogP contribution in [0.4, 0.5) is 0 Å². The van der Waals surface area contributed by atoms with E-state index in [1.165, 1.54) is 188 Å². The predicted octanol–water partition coefficient (Wildman–Crippen LogP) is 13.7. The van der Waals surface area contributed by atoms with Crippen LogP contribution in [0.1, 0.15) is 208 Å². The molecule has 1 aliphatic carbocycles. The maximum absolute atomic E-state index is 9.35. The van der Waals surface area contributed by atoms with E-state index in [0.717, 1.165) is 131 Å². The number of fused-ring (bicyclic) bond motifs is 1. The molecule has 0 aromatic carbocycles. The molecule has 12 unspecified atom stereocenters. The Labute approximate surface area is 616 Å². The number of piperazine rings is 1. The minimum Gasteiger partial charge on any atom is -0.388 e. The molecule has 17 heteroatoms. The summed E-state index contributed by atoms with van der Waals surface area (Å²) < 4.78 is 41.5. The van der Waals surface area contributed by atoms with Crippen molar-refractivity contribution in [1.29, 1.82) is 0 Å². The molecule has 0 aromatic rings. The van der Waals surface area contributed by atoms with Gasteiger partial charge in [-0.05, 0) is 126 Å². The Hall–Kier alpha value is -0.680. The molecule has 6 heterocycles. The largest absolute Gasteiger partial charge is 0.388 e. The molecule has 1 N–H and O–H groups in total. The molecule has 7 fully saturated rings. The third-order valence-corrected chi connectivity index (χ3v) is 22.7. The summed E-state index contributed by atoms with van der Waals surface area (Å²) in [5.74, 6) is 8.42. The monoisotopic (exact) mass is 1420 g/mol. The summed E-state index contributed by atoms with van der Waals surface area (Å²) in [4.78, 5) is 20.3. The van der Waals surface area contributed by atoms with Crippen LogP contribution in [-0.2, 0) is 37.9 Å². The number of methoxy groups -OCH3 is 8. The van der Waals surface area contributed by atoms with Gasteiger partial charge < -0.3 is 67.5 Å². The summed E-state index contributed by atoms with van der Waals surface area (Å²) in [5, 5.41) is 9.35. The summed E-state index contributed by atoms with van der Waals surface area (Å²) in [5.41, 5.74) is -0.705. The minimum atomic E-state index is -0.705. The molecule has 596 valence electrons. The molecular formula is C82H174N8O9. The topological polar surface area (TPSA) is 120 Å². The van der Waals surface area contributed by atoms with Crippen molar-refractivity contribution in [3.63, 3.8) is 0 Å². The Morgan fingerprint density at radius 3 is 1.23 bits per heavy atom. The van der Waals surface area contributed by atoms with Gasteiger partial charge in [-0.2, -0.15) is 0 Å². The molecule has 6 saturated heterocycles. The number of hydrogen-bond acceptors (Lipinski definition) is 17. The molecule has 7 aliphatic rings. The second-order valence-electron chi connectivity index (χ2n) is 32.1. The quantitative estimate of drug-likeness (QED) is 0.0631. The van der Waals surface area contributed by atoms with Gasteiger partial charge in [-0.25, -0.2) is 0 Å². The van der Waals surface area contributed by atoms with Crippen LogP contribution < -0.4 is 0 Å². The van der Waals surface area contributed by atoms with Crippen molar-refractivity contribution in [2.45, 2.75) is 244 Å². The van der Waals surface area contributed by atoms with Gasteiger partial charge in [-0.15, -0.1) is 0 Å². The third-order valence-electron chi connectivity index (χ3n) is 22.7. The van der Waals surface area contributed by atoms with E-state index in [-0.39, 0.29) is 6.10 Å². The number of aliphatic hydroxyl groups is 1. The molecule has 7 rings (SSSR count). The van der Waals surface area contributed by atoms with E-state index in [0.29, 0.717) is 24.4 Å². The fourth-order valence-electron chi connectivity index (χ4n) is 14.0. The van der Waals surface area contributed by atoms with Gasteiger partial charge >= 0.3 is 0 Å². The van der Waals surface area contributed by atoms with Gasteiger partial charge in [0.2, 0.25) is 0 Å². The highest BCUT2D eigenvalue weighted by Crippen LogP contribution is 2.47. The first kappa shape index (κ1) is 98.3. The lowest BCUT2D eigenvalue weighted by Crippen LogP contribution is -2.52. The van der Waals surface area contributed by atoms with Crippen LogP contribution in [0.5, 0.6) is 0 Å². The van der Waals surface area contributed by atoms with Crippen molar-refractivity contribution >= 4 is 0 Å². The number of hydrogen-bond donors (Lipinski definition) is 1. The number of likely N-dealkylation sites (tertiary alicyclic amines) is 5. The molecule has 99 heavy (non-hydrogen) atoms. The SMILES string of the molecule is CCC(C)CN(CC)CCOC.CCC(C)CN1CC(OC)C1.CCC(C)CN1CC2C(C1)C2OC.CCC(C)CN1CCC(COC)CC1.CCC(C)CN1CCC(OC)C1.CCC(C)CN1CCCC1COC.CCC(C)CN1CCN(CCOC)CC1.CCC(OC)C(C)(C)O. The molecule has 0 amide bonds. The predicted molar refractivity (Wildman–Crippen MR) is 423 cm³/mol. The first-order chi connectivity index (χ1) is 47.3. The van der Waals surface area contributed by atoms with E-state index in [4.69, 9.17) is 37.9 Å². The van der Waals surface area contributed by atoms with Crippen LogP contribution in [0.2, 0.25) is 0 Å². The average Bonchev–Trinajstić information content (AvgIpc) is 1.59. The molecular weight excluding hydrogens is 1240 g/mol. The fourth-order valence-corrected chi connectivity index (χ4v) is 14.0. The van der Waals surface area contributed by atoms with E-state index < -0.39 is 5.60 Å². The lowest BCUT2D eigenvalue weighted by molar-refractivity contribution is -0.0707. The van der Waals surface area contributed by atoms with Gasteiger partial charge in [-0.3, -0.25) is 14.7 Å². The summed E-state index contributed by atoms with van der Waals surface area (Å²) in [6.45, 7) is 71.5. The zero-order valence-corrected chi connectivity index (χ0v) is 70.7. The molecule has 0 radical (unpaired) electrons.